The van der Waals surface area contributed by atoms with Crippen LogP contribution in [0.4, 0.5) is 65.9 Å². The summed E-state index contributed by atoms with van der Waals surface area (Å²) in [6.07, 6.45) is 19.6. The summed E-state index contributed by atoms with van der Waals surface area (Å²) in [5.74, 6) is -41.6. The van der Waals surface area contributed by atoms with Crippen molar-refractivity contribution in [1.82, 2.24) is 0 Å². The molecule has 0 N–H and O–H groups in total. The first-order chi connectivity index (χ1) is 26.2. The molecule has 3 aromatic carbocycles. The normalized spacial score (nSPS) is 23.2. The van der Waals surface area contributed by atoms with Crippen LogP contribution in [0.25, 0.3) is 0 Å². The standard InChI is InChI=1S/C20H28Si.C19H3BF15.CH3.Zr/c1-21(2,19-13-11-15-7-3-5-9-17(15)19)20-14-12-16-8-4-6-10-18(16)20;1-20(2-5(21)11(27)17(33)12(28)6(2)22,3-7(23)13(29)18(34)14(30)8(3)24)4-9(25)15(31)19(35)16(32)10(4)26;;/h3-10,15-20H,11-14H2,1-2H3;1H3;1H3;/q;2*-1;+4. The SMILES string of the molecule is C[B-](c1c(F)c(F)c(F)c(F)c1F)(c1c(F)c(F)c(F)c(F)c1F)c1c(F)c(F)c(F)c(F)c1F.C[Si](C)(C1CCC2C=CC=CC21)C1CCC2C=CC=CC21.[CH3-].[Zr+4]. The monoisotopic (exact) mass is 928 g/mol. The van der Waals surface area contributed by atoms with E-state index in [0.29, 0.717) is 0 Å². The van der Waals surface area contributed by atoms with Gasteiger partial charge in [-0.15, -0.1) is 16.4 Å². The van der Waals surface area contributed by atoms with Crippen LogP contribution in [0, 0.1) is 118 Å². The number of benzene rings is 3. The van der Waals surface area contributed by atoms with Gasteiger partial charge in [0.2, 0.25) is 0 Å². The zero-order chi connectivity index (χ0) is 41.3. The van der Waals surface area contributed by atoms with E-state index in [4.69, 9.17) is 0 Å². The van der Waals surface area contributed by atoms with Crippen molar-refractivity contribution >= 4 is 30.6 Å². The van der Waals surface area contributed by atoms with Crippen molar-refractivity contribution in [2.45, 2.75) is 56.7 Å². The van der Waals surface area contributed by atoms with Gasteiger partial charge in [0, 0.05) is 0 Å². The molecule has 6 unspecified atom stereocenters. The number of allylic oxidation sites excluding steroid dienone is 8. The molecule has 0 heterocycles. The van der Waals surface area contributed by atoms with Crippen molar-refractivity contribution in [2.75, 3.05) is 0 Å². The minimum atomic E-state index is -5.41. The van der Waals surface area contributed by atoms with E-state index in [-0.39, 0.29) is 40.5 Å². The van der Waals surface area contributed by atoms with Crippen molar-refractivity contribution in [3.8, 4) is 0 Å². The number of hydrogen-bond acceptors (Lipinski definition) is 0. The van der Waals surface area contributed by atoms with Gasteiger partial charge >= 0.3 is 26.2 Å². The molecule has 2 fully saturated rings. The van der Waals surface area contributed by atoms with Gasteiger partial charge in [-0.25, -0.2) is 65.9 Å². The zero-order valence-electron chi connectivity index (χ0n) is 31.2. The Bertz CT molecular complexity index is 1940. The Morgan fingerprint density at radius 3 is 0.879 bits per heavy atom. The van der Waals surface area contributed by atoms with Gasteiger partial charge in [-0.1, -0.05) is 74.5 Å². The van der Waals surface area contributed by atoms with Crippen molar-refractivity contribution in [3.63, 3.8) is 0 Å². The van der Waals surface area contributed by atoms with Crippen molar-refractivity contribution in [2.24, 2.45) is 23.7 Å². The first-order valence-electron chi connectivity index (χ1n) is 17.7. The summed E-state index contributed by atoms with van der Waals surface area (Å²) >= 11 is 0. The van der Waals surface area contributed by atoms with Gasteiger partial charge in [0.1, 0.15) is 41.0 Å². The van der Waals surface area contributed by atoms with Crippen molar-refractivity contribution in [1.29, 1.82) is 0 Å². The Morgan fingerprint density at radius 1 is 0.397 bits per heavy atom. The minimum absolute atomic E-state index is 0. The molecule has 0 nitrogen and oxygen atoms in total. The summed E-state index contributed by atoms with van der Waals surface area (Å²) in [5, 5.41) is 0. The van der Waals surface area contributed by atoms with Gasteiger partial charge in [-0.3, -0.25) is 0 Å². The average Bonchev–Trinajstić information content (AvgIpc) is 3.83. The molecule has 6 atom stereocenters. The summed E-state index contributed by atoms with van der Waals surface area (Å²) in [6, 6.07) is 0. The van der Waals surface area contributed by atoms with Crippen LogP contribution in [0.15, 0.2) is 48.6 Å². The van der Waals surface area contributed by atoms with E-state index in [1.165, 1.54) is 25.7 Å². The van der Waals surface area contributed by atoms with Crippen LogP contribution in [-0.4, -0.2) is 14.2 Å². The van der Waals surface area contributed by atoms with Gasteiger partial charge in [0.15, 0.2) is 52.4 Å². The average molecular weight is 930 g/mol. The Labute approximate surface area is 345 Å². The Morgan fingerprint density at radius 2 is 0.621 bits per heavy atom. The van der Waals surface area contributed by atoms with E-state index in [9.17, 15) is 65.9 Å². The summed E-state index contributed by atoms with van der Waals surface area (Å²) in [7, 11) is -1.22. The fourth-order valence-electron chi connectivity index (χ4n) is 9.74. The number of fused-ring (bicyclic) bond motifs is 2. The summed E-state index contributed by atoms with van der Waals surface area (Å²) in [5.41, 5.74) is -5.88. The smallest absolute Gasteiger partial charge is 0.358 e. The van der Waals surface area contributed by atoms with Gasteiger partial charge in [0.25, 0.3) is 0 Å². The second kappa shape index (κ2) is 17.4. The predicted molar refractivity (Wildman–Crippen MR) is 190 cm³/mol. The van der Waals surface area contributed by atoms with Gasteiger partial charge < -0.3 is 7.43 Å². The molecule has 0 saturated heterocycles. The molecule has 18 heteroatoms. The molecular formula is C40H34BF15SiZr+2. The summed E-state index contributed by atoms with van der Waals surface area (Å²) in [4.78, 5) is 0. The Kier molecular flexibility index (Phi) is 14.2. The van der Waals surface area contributed by atoms with Crippen LogP contribution < -0.4 is 16.4 Å². The number of rotatable bonds is 5. The van der Waals surface area contributed by atoms with Crippen LogP contribution >= 0.6 is 0 Å². The fraction of sp³-hybridized carbons (Fsp3) is 0.325. The summed E-state index contributed by atoms with van der Waals surface area (Å²) in [6.45, 7) is 5.21. The molecule has 7 rings (SSSR count). The van der Waals surface area contributed by atoms with Crippen LogP contribution in [-0.2, 0) is 26.2 Å². The molecule has 3 aromatic rings. The molecule has 0 spiro atoms. The number of hydrogen-bond donors (Lipinski definition) is 0. The molecule has 308 valence electrons. The Hall–Kier alpha value is -3.27. The third kappa shape index (κ3) is 7.33. The molecule has 0 aliphatic heterocycles. The maximum Gasteiger partial charge on any atom is 4.00 e. The molecule has 4 aliphatic carbocycles. The molecule has 0 aromatic heterocycles. The van der Waals surface area contributed by atoms with Gasteiger partial charge in [-0.05, 0) is 47.6 Å². The first kappa shape index (κ1) is 47.4. The molecule has 0 amide bonds. The summed E-state index contributed by atoms with van der Waals surface area (Å²) < 4.78 is 212. The Balaban J connectivity index is 0.000000275. The van der Waals surface area contributed by atoms with Crippen LogP contribution in [0.3, 0.4) is 0 Å². The predicted octanol–water partition coefficient (Wildman–Crippen LogP) is 11.1. The topological polar surface area (TPSA) is 0 Å². The quantitative estimate of drug-likeness (QED) is 0.0786. The minimum Gasteiger partial charge on any atom is -0.358 e. The van der Waals surface area contributed by atoms with Gasteiger partial charge in [0.05, 0.1) is 8.07 Å². The van der Waals surface area contributed by atoms with Crippen molar-refractivity contribution in [3.05, 3.63) is 143 Å². The first-order valence-corrected chi connectivity index (χ1v) is 20.8. The van der Waals surface area contributed by atoms with E-state index >= 15 is 0 Å². The molecular weight excluding hydrogens is 896 g/mol. The third-order valence-electron chi connectivity index (χ3n) is 12.5. The maximum atomic E-state index is 14.6. The van der Waals surface area contributed by atoms with E-state index in [1.54, 1.807) is 0 Å². The second-order valence-corrected chi connectivity index (χ2v) is 20.6. The van der Waals surface area contributed by atoms with Crippen LogP contribution in [0.2, 0.25) is 31.0 Å². The molecule has 2 saturated carbocycles. The zero-order valence-corrected chi connectivity index (χ0v) is 34.6. The largest absolute Gasteiger partial charge is 4.00 e. The molecule has 0 radical (unpaired) electrons. The van der Waals surface area contributed by atoms with E-state index in [0.717, 1.165) is 34.8 Å². The third-order valence-corrected chi connectivity index (χ3v) is 17.7. The van der Waals surface area contributed by atoms with Crippen LogP contribution in [0.5, 0.6) is 0 Å². The fourth-order valence-corrected chi connectivity index (χ4v) is 14.8. The molecule has 0 bridgehead atoms. The van der Waals surface area contributed by atoms with Crippen LogP contribution in [0.1, 0.15) is 25.7 Å². The second-order valence-electron chi connectivity index (χ2n) is 15.5. The molecule has 58 heavy (non-hydrogen) atoms. The van der Waals surface area contributed by atoms with Crippen molar-refractivity contribution < 1.29 is 92.1 Å². The van der Waals surface area contributed by atoms with E-state index < -0.39 is 118 Å². The molecule has 4 aliphatic rings. The van der Waals surface area contributed by atoms with Gasteiger partial charge in [-0.2, -0.15) is 6.82 Å². The van der Waals surface area contributed by atoms with E-state index in [2.05, 4.69) is 61.7 Å². The van der Waals surface area contributed by atoms with E-state index in [1.807, 2.05) is 0 Å². The number of halogens is 15. The maximum absolute atomic E-state index is 14.6.